The third kappa shape index (κ3) is 3.37. The molecule has 0 fully saturated rings. The largest absolute Gasteiger partial charge is 0.489 e. The van der Waals surface area contributed by atoms with Gasteiger partial charge in [0.05, 0.1) is 11.6 Å². The van der Waals surface area contributed by atoms with E-state index >= 15 is 0 Å². The maximum absolute atomic E-state index is 8.77. The van der Waals surface area contributed by atoms with Gasteiger partial charge in [-0.25, -0.2) is 0 Å². The molecule has 102 valence electrons. The van der Waals surface area contributed by atoms with Gasteiger partial charge in [-0.3, -0.25) is 0 Å². The first kappa shape index (κ1) is 14.1. The van der Waals surface area contributed by atoms with Crippen molar-refractivity contribution in [2.75, 3.05) is 0 Å². The van der Waals surface area contributed by atoms with E-state index < -0.39 is 0 Å². The van der Waals surface area contributed by atoms with Crippen molar-refractivity contribution in [3.63, 3.8) is 0 Å². The number of hydrogen-bond acceptors (Lipinski definition) is 3. The molecule has 0 unspecified atom stereocenters. The van der Waals surface area contributed by atoms with E-state index in [1.807, 2.05) is 44.2 Å². The Hall–Kier alpha value is -2.31. The van der Waals surface area contributed by atoms with Gasteiger partial charge in [0.2, 0.25) is 0 Å². The van der Waals surface area contributed by atoms with Crippen molar-refractivity contribution in [2.24, 2.45) is 5.73 Å². The van der Waals surface area contributed by atoms with Crippen molar-refractivity contribution < 1.29 is 4.74 Å². The molecule has 20 heavy (non-hydrogen) atoms. The van der Waals surface area contributed by atoms with E-state index in [0.717, 1.165) is 22.4 Å². The standard InChI is InChI=1S/C17H18N2O/c1-12-3-8-16(13(2)19)17(9-12)20-11-15-6-4-14(10-18)5-7-15/h3-9,13H,11,19H2,1-2H3/t13-/m0/s1. The lowest BCUT2D eigenvalue weighted by atomic mass is 10.1. The number of ether oxygens (including phenoxy) is 1. The third-order valence-electron chi connectivity index (χ3n) is 3.14. The molecular weight excluding hydrogens is 248 g/mol. The fourth-order valence-electron chi connectivity index (χ4n) is 1.98. The normalized spacial score (nSPS) is 11.7. The van der Waals surface area contributed by atoms with Crippen LogP contribution in [0.15, 0.2) is 42.5 Å². The highest BCUT2D eigenvalue weighted by atomic mass is 16.5. The van der Waals surface area contributed by atoms with E-state index in [2.05, 4.69) is 6.07 Å². The first-order valence-corrected chi connectivity index (χ1v) is 6.58. The summed E-state index contributed by atoms with van der Waals surface area (Å²) in [5.74, 6) is 0.823. The third-order valence-corrected chi connectivity index (χ3v) is 3.14. The summed E-state index contributed by atoms with van der Waals surface area (Å²) >= 11 is 0. The molecular formula is C17H18N2O. The molecule has 2 aromatic rings. The van der Waals surface area contributed by atoms with Gasteiger partial charge in [-0.2, -0.15) is 5.26 Å². The molecule has 2 rings (SSSR count). The number of nitrogens with zero attached hydrogens (tertiary/aromatic N) is 1. The quantitative estimate of drug-likeness (QED) is 0.921. The molecule has 0 spiro atoms. The van der Waals surface area contributed by atoms with Crippen LogP contribution in [-0.2, 0) is 6.61 Å². The fourth-order valence-corrected chi connectivity index (χ4v) is 1.98. The monoisotopic (exact) mass is 266 g/mol. The van der Waals surface area contributed by atoms with E-state index in [4.69, 9.17) is 15.7 Å². The smallest absolute Gasteiger partial charge is 0.124 e. The van der Waals surface area contributed by atoms with E-state index in [1.54, 1.807) is 12.1 Å². The fraction of sp³-hybridized carbons (Fsp3) is 0.235. The summed E-state index contributed by atoms with van der Waals surface area (Å²) in [4.78, 5) is 0. The molecule has 3 nitrogen and oxygen atoms in total. The van der Waals surface area contributed by atoms with E-state index in [0.29, 0.717) is 12.2 Å². The van der Waals surface area contributed by atoms with Crippen LogP contribution in [-0.4, -0.2) is 0 Å². The minimum atomic E-state index is -0.0634. The number of hydrogen-bond donors (Lipinski definition) is 1. The van der Waals surface area contributed by atoms with Crippen molar-refractivity contribution >= 4 is 0 Å². The molecule has 1 atom stereocenters. The van der Waals surface area contributed by atoms with Gasteiger partial charge in [0, 0.05) is 11.6 Å². The molecule has 0 aliphatic heterocycles. The lowest BCUT2D eigenvalue weighted by Crippen LogP contribution is -2.08. The number of rotatable bonds is 4. The molecule has 0 radical (unpaired) electrons. The lowest BCUT2D eigenvalue weighted by Gasteiger charge is -2.15. The number of nitriles is 1. The van der Waals surface area contributed by atoms with Crippen molar-refractivity contribution in [2.45, 2.75) is 26.5 Å². The second-order valence-electron chi connectivity index (χ2n) is 4.93. The number of benzene rings is 2. The van der Waals surface area contributed by atoms with Gasteiger partial charge in [-0.1, -0.05) is 24.3 Å². The summed E-state index contributed by atoms with van der Waals surface area (Å²) in [6, 6.07) is 15.5. The zero-order valence-corrected chi connectivity index (χ0v) is 11.8. The highest BCUT2D eigenvalue weighted by Gasteiger charge is 2.08. The summed E-state index contributed by atoms with van der Waals surface area (Å²) < 4.78 is 5.88. The molecule has 0 aliphatic rings. The van der Waals surface area contributed by atoms with Gasteiger partial charge in [-0.15, -0.1) is 0 Å². The zero-order valence-electron chi connectivity index (χ0n) is 11.8. The second-order valence-corrected chi connectivity index (χ2v) is 4.93. The van der Waals surface area contributed by atoms with Gasteiger partial charge in [0.15, 0.2) is 0 Å². The van der Waals surface area contributed by atoms with Crippen molar-refractivity contribution in [3.8, 4) is 11.8 Å². The summed E-state index contributed by atoms with van der Waals surface area (Å²) in [6.45, 7) is 4.44. The van der Waals surface area contributed by atoms with E-state index in [-0.39, 0.29) is 6.04 Å². The average Bonchev–Trinajstić information content (AvgIpc) is 2.45. The first-order valence-electron chi connectivity index (χ1n) is 6.58. The van der Waals surface area contributed by atoms with Crippen molar-refractivity contribution in [3.05, 3.63) is 64.7 Å². The Morgan fingerprint density at radius 3 is 2.50 bits per heavy atom. The van der Waals surface area contributed by atoms with Crippen LogP contribution < -0.4 is 10.5 Å². The summed E-state index contributed by atoms with van der Waals surface area (Å²) in [5.41, 5.74) is 9.78. The Balaban J connectivity index is 2.13. The van der Waals surface area contributed by atoms with Crippen LogP contribution in [0.5, 0.6) is 5.75 Å². The van der Waals surface area contributed by atoms with E-state index in [9.17, 15) is 0 Å². The summed E-state index contributed by atoms with van der Waals surface area (Å²) in [5, 5.41) is 8.77. The van der Waals surface area contributed by atoms with Gasteiger partial charge in [0.25, 0.3) is 0 Å². The van der Waals surface area contributed by atoms with Crippen molar-refractivity contribution in [1.82, 2.24) is 0 Å². The Kier molecular flexibility index (Phi) is 4.39. The van der Waals surface area contributed by atoms with Gasteiger partial charge in [0.1, 0.15) is 12.4 Å². The van der Waals surface area contributed by atoms with E-state index in [1.165, 1.54) is 0 Å². The molecule has 0 aromatic heterocycles. The van der Waals surface area contributed by atoms with Crippen LogP contribution in [0.4, 0.5) is 0 Å². The van der Waals surface area contributed by atoms with Crippen LogP contribution in [0.25, 0.3) is 0 Å². The molecule has 0 bridgehead atoms. The molecule has 0 amide bonds. The Morgan fingerprint density at radius 1 is 1.20 bits per heavy atom. The van der Waals surface area contributed by atoms with Crippen LogP contribution in [0.3, 0.4) is 0 Å². The lowest BCUT2D eigenvalue weighted by molar-refractivity contribution is 0.301. The summed E-state index contributed by atoms with van der Waals surface area (Å²) in [6.07, 6.45) is 0. The topological polar surface area (TPSA) is 59.0 Å². The van der Waals surface area contributed by atoms with Gasteiger partial charge in [-0.05, 0) is 43.2 Å². The highest BCUT2D eigenvalue weighted by Crippen LogP contribution is 2.26. The molecule has 3 heteroatoms. The molecule has 2 aromatic carbocycles. The van der Waals surface area contributed by atoms with Crippen LogP contribution in [0.2, 0.25) is 0 Å². The Morgan fingerprint density at radius 2 is 1.90 bits per heavy atom. The number of aryl methyl sites for hydroxylation is 1. The predicted octanol–water partition coefficient (Wildman–Crippen LogP) is 3.47. The van der Waals surface area contributed by atoms with Gasteiger partial charge >= 0.3 is 0 Å². The SMILES string of the molecule is Cc1ccc([C@H](C)N)c(OCc2ccc(C#N)cc2)c1. The minimum Gasteiger partial charge on any atom is -0.489 e. The number of nitrogens with two attached hydrogens (primary N) is 1. The molecule has 2 N–H and O–H groups in total. The summed E-state index contributed by atoms with van der Waals surface area (Å²) in [7, 11) is 0. The first-order chi connectivity index (χ1) is 9.60. The molecule has 0 saturated heterocycles. The molecule has 0 aliphatic carbocycles. The highest BCUT2D eigenvalue weighted by molar-refractivity contribution is 5.39. The van der Waals surface area contributed by atoms with Crippen molar-refractivity contribution in [1.29, 1.82) is 5.26 Å². The molecule has 0 heterocycles. The zero-order chi connectivity index (χ0) is 14.5. The predicted molar refractivity (Wildman–Crippen MR) is 79.3 cm³/mol. The molecule has 0 saturated carbocycles. The van der Waals surface area contributed by atoms with Crippen LogP contribution >= 0.6 is 0 Å². The van der Waals surface area contributed by atoms with Crippen LogP contribution in [0, 0.1) is 18.3 Å². The Labute approximate surface area is 119 Å². The minimum absolute atomic E-state index is 0.0634. The van der Waals surface area contributed by atoms with Crippen LogP contribution in [0.1, 0.15) is 35.2 Å². The second kappa shape index (κ2) is 6.23. The Bertz CT molecular complexity index is 624. The van der Waals surface area contributed by atoms with Gasteiger partial charge < -0.3 is 10.5 Å². The maximum Gasteiger partial charge on any atom is 0.124 e. The maximum atomic E-state index is 8.77. The average molecular weight is 266 g/mol.